The van der Waals surface area contributed by atoms with E-state index in [0.717, 1.165) is 5.52 Å². The summed E-state index contributed by atoms with van der Waals surface area (Å²) >= 11 is 0. The molecule has 0 radical (unpaired) electrons. The van der Waals surface area contributed by atoms with Crippen molar-refractivity contribution in [3.63, 3.8) is 0 Å². The van der Waals surface area contributed by atoms with Crippen molar-refractivity contribution in [3.05, 3.63) is 36.5 Å². The van der Waals surface area contributed by atoms with Crippen LogP contribution < -0.4 is 5.32 Å². The first-order valence-corrected chi connectivity index (χ1v) is 7.06. The lowest BCUT2D eigenvalue weighted by atomic mass is 10.1. The predicted molar refractivity (Wildman–Crippen MR) is 80.4 cm³/mol. The molecule has 0 saturated heterocycles. The van der Waals surface area contributed by atoms with Crippen LogP contribution in [0.25, 0.3) is 10.9 Å². The Kier molecular flexibility index (Phi) is 4.79. The smallest absolute Gasteiger partial charge is 0.221 e. The van der Waals surface area contributed by atoms with E-state index in [2.05, 4.69) is 28.1 Å². The van der Waals surface area contributed by atoms with Gasteiger partial charge in [0.1, 0.15) is 0 Å². The Balaban J connectivity index is 1.84. The molecule has 2 aromatic rings. The first kappa shape index (κ1) is 14.6. The van der Waals surface area contributed by atoms with Gasteiger partial charge in [0.25, 0.3) is 0 Å². The van der Waals surface area contributed by atoms with E-state index >= 15 is 0 Å². The Morgan fingerprint density at radius 1 is 1.30 bits per heavy atom. The largest absolute Gasteiger partial charge is 0.391 e. The molecular formula is C16H22N2O2. The molecule has 0 aliphatic carbocycles. The second-order valence-corrected chi connectivity index (χ2v) is 5.43. The van der Waals surface area contributed by atoms with Crippen molar-refractivity contribution >= 4 is 16.8 Å². The fourth-order valence-corrected chi connectivity index (χ4v) is 2.10. The van der Waals surface area contributed by atoms with Gasteiger partial charge in [0.15, 0.2) is 0 Å². The first-order valence-electron chi connectivity index (χ1n) is 7.06. The Morgan fingerprint density at radius 2 is 2.05 bits per heavy atom. The third-order valence-electron chi connectivity index (χ3n) is 3.54. The van der Waals surface area contributed by atoms with Gasteiger partial charge in [-0.25, -0.2) is 0 Å². The lowest BCUT2D eigenvalue weighted by Gasteiger charge is -2.15. The number of nitrogens with zero attached hydrogens (tertiary/aromatic N) is 1. The number of benzene rings is 1. The molecule has 0 spiro atoms. The zero-order chi connectivity index (χ0) is 14.5. The van der Waals surface area contributed by atoms with Crippen LogP contribution in [-0.4, -0.2) is 28.2 Å². The van der Waals surface area contributed by atoms with Crippen LogP contribution in [0, 0.1) is 5.92 Å². The average molecular weight is 274 g/mol. The van der Waals surface area contributed by atoms with Crippen LogP contribution >= 0.6 is 0 Å². The van der Waals surface area contributed by atoms with E-state index in [-0.39, 0.29) is 11.8 Å². The lowest BCUT2D eigenvalue weighted by molar-refractivity contribution is -0.121. The van der Waals surface area contributed by atoms with Crippen LogP contribution in [-0.2, 0) is 11.3 Å². The van der Waals surface area contributed by atoms with E-state index < -0.39 is 6.10 Å². The van der Waals surface area contributed by atoms with Crippen LogP contribution in [0.5, 0.6) is 0 Å². The maximum absolute atomic E-state index is 11.8. The van der Waals surface area contributed by atoms with E-state index in [0.29, 0.717) is 19.5 Å². The topological polar surface area (TPSA) is 54.3 Å². The number of aromatic nitrogens is 1. The SMILES string of the molecule is CC(C)C(O)CNC(=O)CCn1ccc2ccccc21. The van der Waals surface area contributed by atoms with E-state index in [1.54, 1.807) is 0 Å². The van der Waals surface area contributed by atoms with Crippen LogP contribution in [0.1, 0.15) is 20.3 Å². The summed E-state index contributed by atoms with van der Waals surface area (Å²) in [7, 11) is 0. The van der Waals surface area contributed by atoms with Crippen molar-refractivity contribution in [1.82, 2.24) is 9.88 Å². The highest BCUT2D eigenvalue weighted by molar-refractivity contribution is 5.80. The number of hydrogen-bond acceptors (Lipinski definition) is 2. The summed E-state index contributed by atoms with van der Waals surface area (Å²) in [5.74, 6) is 0.131. The van der Waals surface area contributed by atoms with Crippen LogP contribution in [0.3, 0.4) is 0 Å². The second-order valence-electron chi connectivity index (χ2n) is 5.43. The number of amides is 1. The third-order valence-corrected chi connectivity index (χ3v) is 3.54. The third kappa shape index (κ3) is 3.61. The monoisotopic (exact) mass is 274 g/mol. The highest BCUT2D eigenvalue weighted by Gasteiger charge is 2.10. The van der Waals surface area contributed by atoms with Gasteiger partial charge < -0.3 is 15.0 Å². The molecule has 20 heavy (non-hydrogen) atoms. The minimum atomic E-state index is -0.480. The summed E-state index contributed by atoms with van der Waals surface area (Å²) in [6, 6.07) is 10.2. The normalized spacial score (nSPS) is 12.8. The van der Waals surface area contributed by atoms with Gasteiger partial charge in [0.05, 0.1) is 6.10 Å². The van der Waals surface area contributed by atoms with E-state index in [1.165, 1.54) is 5.39 Å². The molecule has 1 heterocycles. The Hall–Kier alpha value is -1.81. The molecule has 0 fully saturated rings. The molecule has 0 aliphatic rings. The van der Waals surface area contributed by atoms with Gasteiger partial charge in [0.2, 0.25) is 5.91 Å². The molecule has 1 unspecified atom stereocenters. The molecule has 1 amide bonds. The van der Waals surface area contributed by atoms with Gasteiger partial charge in [-0.2, -0.15) is 0 Å². The number of rotatable bonds is 6. The summed E-state index contributed by atoms with van der Waals surface area (Å²) in [6.07, 6.45) is 1.94. The van der Waals surface area contributed by atoms with Crippen LogP contribution in [0.4, 0.5) is 0 Å². The molecule has 108 valence electrons. The fourth-order valence-electron chi connectivity index (χ4n) is 2.10. The maximum atomic E-state index is 11.8. The number of aliphatic hydroxyl groups is 1. The fraction of sp³-hybridized carbons (Fsp3) is 0.438. The standard InChI is InChI=1S/C16H22N2O2/c1-12(2)15(19)11-17-16(20)8-10-18-9-7-13-5-3-4-6-14(13)18/h3-7,9,12,15,19H,8,10-11H2,1-2H3,(H,17,20). The van der Waals surface area contributed by atoms with Gasteiger partial charge in [-0.3, -0.25) is 4.79 Å². The van der Waals surface area contributed by atoms with E-state index in [9.17, 15) is 9.90 Å². The van der Waals surface area contributed by atoms with Crippen molar-refractivity contribution in [2.75, 3.05) is 6.54 Å². The molecule has 0 bridgehead atoms. The van der Waals surface area contributed by atoms with Crippen LogP contribution in [0.2, 0.25) is 0 Å². The van der Waals surface area contributed by atoms with E-state index in [4.69, 9.17) is 0 Å². The molecule has 2 N–H and O–H groups in total. The number of carbonyl (C=O) groups is 1. The Morgan fingerprint density at radius 3 is 2.80 bits per heavy atom. The molecule has 0 aliphatic heterocycles. The predicted octanol–water partition coefficient (Wildman–Crippen LogP) is 2.16. The molecule has 4 heteroatoms. The molecule has 1 atom stereocenters. The van der Waals surface area contributed by atoms with Gasteiger partial charge in [-0.15, -0.1) is 0 Å². The minimum absolute atomic E-state index is 0.0255. The maximum Gasteiger partial charge on any atom is 0.221 e. The number of nitrogens with one attached hydrogen (secondary N) is 1. The molecule has 0 saturated carbocycles. The Bertz CT molecular complexity index is 575. The number of carbonyl (C=O) groups excluding carboxylic acids is 1. The summed E-state index contributed by atoms with van der Waals surface area (Å²) < 4.78 is 2.08. The minimum Gasteiger partial charge on any atom is -0.391 e. The number of hydrogen-bond donors (Lipinski definition) is 2. The van der Waals surface area contributed by atoms with Crippen molar-refractivity contribution in [2.45, 2.75) is 32.9 Å². The van der Waals surface area contributed by atoms with Gasteiger partial charge in [-0.1, -0.05) is 32.0 Å². The highest BCUT2D eigenvalue weighted by Crippen LogP contribution is 2.15. The molecule has 2 rings (SSSR count). The highest BCUT2D eigenvalue weighted by atomic mass is 16.3. The van der Waals surface area contributed by atoms with Gasteiger partial charge in [0, 0.05) is 31.2 Å². The van der Waals surface area contributed by atoms with E-state index in [1.807, 2.05) is 32.2 Å². The van der Waals surface area contributed by atoms with Crippen molar-refractivity contribution in [3.8, 4) is 0 Å². The quantitative estimate of drug-likeness (QED) is 0.848. The first-order chi connectivity index (χ1) is 9.58. The van der Waals surface area contributed by atoms with Crippen molar-refractivity contribution < 1.29 is 9.90 Å². The summed E-state index contributed by atoms with van der Waals surface area (Å²) in [6.45, 7) is 4.84. The number of aryl methyl sites for hydroxylation is 1. The lowest BCUT2D eigenvalue weighted by Crippen LogP contribution is -2.35. The molecule has 1 aromatic heterocycles. The summed E-state index contributed by atoms with van der Waals surface area (Å²) in [4.78, 5) is 11.8. The van der Waals surface area contributed by atoms with Gasteiger partial charge in [-0.05, 0) is 23.4 Å². The number of fused-ring (bicyclic) bond motifs is 1. The number of para-hydroxylation sites is 1. The van der Waals surface area contributed by atoms with Crippen molar-refractivity contribution in [2.24, 2.45) is 5.92 Å². The molecular weight excluding hydrogens is 252 g/mol. The van der Waals surface area contributed by atoms with Crippen LogP contribution in [0.15, 0.2) is 36.5 Å². The van der Waals surface area contributed by atoms with Crippen molar-refractivity contribution in [1.29, 1.82) is 0 Å². The summed E-state index contributed by atoms with van der Waals surface area (Å²) in [5, 5.41) is 13.6. The number of aliphatic hydroxyl groups excluding tert-OH is 1. The average Bonchev–Trinajstić information content (AvgIpc) is 2.85. The Labute approximate surface area is 119 Å². The molecule has 4 nitrogen and oxygen atoms in total. The zero-order valence-corrected chi connectivity index (χ0v) is 12.0. The van der Waals surface area contributed by atoms with Gasteiger partial charge >= 0.3 is 0 Å². The summed E-state index contributed by atoms with van der Waals surface area (Å²) in [5.41, 5.74) is 1.14. The zero-order valence-electron chi connectivity index (χ0n) is 12.0. The molecule has 1 aromatic carbocycles. The second kappa shape index (κ2) is 6.57.